The van der Waals surface area contributed by atoms with E-state index in [9.17, 15) is 0 Å². The molecule has 1 aromatic carbocycles. The molecule has 0 aromatic heterocycles. The van der Waals surface area contributed by atoms with E-state index in [0.29, 0.717) is 12.0 Å². The van der Waals surface area contributed by atoms with E-state index in [4.69, 9.17) is 5.84 Å². The summed E-state index contributed by atoms with van der Waals surface area (Å²) in [6, 6.07) is 9.32. The van der Waals surface area contributed by atoms with Crippen LogP contribution in [-0.2, 0) is 6.42 Å². The Kier molecular flexibility index (Phi) is 6.23. The second-order valence-corrected chi connectivity index (χ2v) is 5.11. The van der Waals surface area contributed by atoms with Crippen molar-refractivity contribution in [1.29, 1.82) is 0 Å². The van der Waals surface area contributed by atoms with Gasteiger partial charge in [0, 0.05) is 6.04 Å². The molecule has 96 valence electrons. The third-order valence-electron chi connectivity index (χ3n) is 3.27. The Morgan fingerprint density at radius 1 is 1.18 bits per heavy atom. The Hall–Kier alpha value is -0.860. The lowest BCUT2D eigenvalue weighted by Crippen LogP contribution is -2.36. The third kappa shape index (κ3) is 4.88. The van der Waals surface area contributed by atoms with E-state index in [0.717, 1.165) is 12.8 Å². The van der Waals surface area contributed by atoms with Gasteiger partial charge in [-0.15, -0.1) is 0 Å². The lowest BCUT2D eigenvalue weighted by atomic mass is 9.97. The highest BCUT2D eigenvalue weighted by Gasteiger charge is 2.07. The van der Waals surface area contributed by atoms with Gasteiger partial charge >= 0.3 is 0 Å². The molecule has 0 aliphatic heterocycles. The zero-order chi connectivity index (χ0) is 12.7. The molecule has 1 unspecified atom stereocenters. The quantitative estimate of drug-likeness (QED) is 0.560. The highest BCUT2D eigenvalue weighted by Crippen LogP contribution is 2.16. The van der Waals surface area contributed by atoms with Crippen molar-refractivity contribution in [3.8, 4) is 0 Å². The second-order valence-electron chi connectivity index (χ2n) is 5.11. The zero-order valence-electron chi connectivity index (χ0n) is 11.4. The normalized spacial score (nSPS) is 13.0. The van der Waals surface area contributed by atoms with Crippen LogP contribution in [0.1, 0.15) is 57.1 Å². The Bertz CT molecular complexity index is 303. The molecule has 0 heterocycles. The molecule has 1 aromatic rings. The van der Waals surface area contributed by atoms with Crippen LogP contribution < -0.4 is 11.3 Å². The second kappa shape index (κ2) is 7.46. The number of unbranched alkanes of at least 4 members (excludes halogenated alkanes) is 1. The number of nitrogens with two attached hydrogens (primary N) is 1. The molecule has 0 spiro atoms. The lowest BCUT2D eigenvalue weighted by molar-refractivity contribution is 0.473. The SMILES string of the molecule is CCCCC(Cc1ccc(C(C)C)cc1)NN. The molecule has 0 aliphatic carbocycles. The molecule has 3 N–H and O–H groups in total. The molecular weight excluding hydrogens is 208 g/mol. The summed E-state index contributed by atoms with van der Waals surface area (Å²) in [6.45, 7) is 6.66. The van der Waals surface area contributed by atoms with Gasteiger partial charge in [0.1, 0.15) is 0 Å². The fourth-order valence-corrected chi connectivity index (χ4v) is 2.02. The van der Waals surface area contributed by atoms with Crippen molar-refractivity contribution in [3.63, 3.8) is 0 Å². The topological polar surface area (TPSA) is 38.0 Å². The summed E-state index contributed by atoms with van der Waals surface area (Å²) >= 11 is 0. The molecule has 1 rings (SSSR count). The standard InChI is InChI=1S/C15H26N2/c1-4-5-6-15(17-16)11-13-7-9-14(10-8-13)12(2)3/h7-10,12,15,17H,4-6,11,16H2,1-3H3. The minimum atomic E-state index is 0.403. The Balaban J connectivity index is 2.54. The first-order valence-electron chi connectivity index (χ1n) is 6.72. The van der Waals surface area contributed by atoms with Crippen LogP contribution in [0.2, 0.25) is 0 Å². The van der Waals surface area contributed by atoms with Crippen molar-refractivity contribution in [1.82, 2.24) is 5.43 Å². The lowest BCUT2D eigenvalue weighted by Gasteiger charge is -2.16. The maximum atomic E-state index is 5.59. The van der Waals surface area contributed by atoms with Gasteiger partial charge in [0.2, 0.25) is 0 Å². The van der Waals surface area contributed by atoms with Gasteiger partial charge in [-0.1, -0.05) is 57.9 Å². The smallest absolute Gasteiger partial charge is 0.0250 e. The van der Waals surface area contributed by atoms with Crippen LogP contribution in [0.5, 0.6) is 0 Å². The van der Waals surface area contributed by atoms with Crippen molar-refractivity contribution >= 4 is 0 Å². The van der Waals surface area contributed by atoms with Crippen molar-refractivity contribution < 1.29 is 0 Å². The number of hydrazine groups is 1. The largest absolute Gasteiger partial charge is 0.271 e. The molecule has 0 radical (unpaired) electrons. The van der Waals surface area contributed by atoms with Gasteiger partial charge in [0.05, 0.1) is 0 Å². The third-order valence-corrected chi connectivity index (χ3v) is 3.27. The zero-order valence-corrected chi connectivity index (χ0v) is 11.4. The molecule has 1 atom stereocenters. The summed E-state index contributed by atoms with van der Waals surface area (Å²) in [5.41, 5.74) is 5.69. The minimum absolute atomic E-state index is 0.403. The molecule has 2 nitrogen and oxygen atoms in total. The average Bonchev–Trinajstić information content (AvgIpc) is 2.35. The van der Waals surface area contributed by atoms with Gasteiger partial charge in [0.25, 0.3) is 0 Å². The highest BCUT2D eigenvalue weighted by molar-refractivity contribution is 5.25. The number of hydrogen-bond acceptors (Lipinski definition) is 2. The van der Waals surface area contributed by atoms with Crippen LogP contribution in [0.3, 0.4) is 0 Å². The van der Waals surface area contributed by atoms with E-state index in [1.165, 1.54) is 24.0 Å². The monoisotopic (exact) mass is 234 g/mol. The summed E-state index contributed by atoms with van der Waals surface area (Å²) in [5, 5.41) is 0. The Morgan fingerprint density at radius 2 is 1.82 bits per heavy atom. The first kappa shape index (κ1) is 14.2. The fraction of sp³-hybridized carbons (Fsp3) is 0.600. The van der Waals surface area contributed by atoms with Crippen molar-refractivity contribution in [2.45, 2.75) is 58.4 Å². The molecule has 0 saturated carbocycles. The van der Waals surface area contributed by atoms with E-state index in [1.54, 1.807) is 0 Å². The molecule has 0 fully saturated rings. The Labute approximate surface area is 106 Å². The molecule has 2 heteroatoms. The highest BCUT2D eigenvalue weighted by atomic mass is 15.2. The van der Waals surface area contributed by atoms with Crippen LogP contribution in [0.4, 0.5) is 0 Å². The van der Waals surface area contributed by atoms with Gasteiger partial charge in [0.15, 0.2) is 0 Å². The first-order chi connectivity index (χ1) is 8.17. The van der Waals surface area contributed by atoms with Gasteiger partial charge in [-0.05, 0) is 29.9 Å². The van der Waals surface area contributed by atoms with Crippen LogP contribution >= 0.6 is 0 Å². The Morgan fingerprint density at radius 3 is 2.29 bits per heavy atom. The van der Waals surface area contributed by atoms with Gasteiger partial charge < -0.3 is 0 Å². The van der Waals surface area contributed by atoms with Gasteiger partial charge in [-0.25, -0.2) is 0 Å². The summed E-state index contributed by atoms with van der Waals surface area (Å²) in [7, 11) is 0. The number of rotatable bonds is 7. The summed E-state index contributed by atoms with van der Waals surface area (Å²) in [4.78, 5) is 0. The van der Waals surface area contributed by atoms with Crippen molar-refractivity contribution in [2.75, 3.05) is 0 Å². The van der Waals surface area contributed by atoms with Crippen molar-refractivity contribution in [2.24, 2.45) is 5.84 Å². The van der Waals surface area contributed by atoms with E-state index in [-0.39, 0.29) is 0 Å². The molecule has 0 aliphatic rings. The number of hydrogen-bond donors (Lipinski definition) is 2. The van der Waals surface area contributed by atoms with Gasteiger partial charge in [-0.3, -0.25) is 11.3 Å². The van der Waals surface area contributed by atoms with Crippen molar-refractivity contribution in [3.05, 3.63) is 35.4 Å². The van der Waals surface area contributed by atoms with Crippen LogP contribution in [0, 0.1) is 0 Å². The van der Waals surface area contributed by atoms with Gasteiger partial charge in [-0.2, -0.15) is 0 Å². The number of nitrogens with one attached hydrogen (secondary N) is 1. The maximum Gasteiger partial charge on any atom is 0.0250 e. The van der Waals surface area contributed by atoms with Crippen LogP contribution in [0.25, 0.3) is 0 Å². The predicted molar refractivity (Wildman–Crippen MR) is 74.9 cm³/mol. The summed E-state index contributed by atoms with van der Waals surface area (Å²) in [5.74, 6) is 6.19. The molecule has 0 amide bonds. The summed E-state index contributed by atoms with van der Waals surface area (Å²) in [6.07, 6.45) is 4.64. The first-order valence-corrected chi connectivity index (χ1v) is 6.72. The van der Waals surface area contributed by atoms with E-state index in [1.807, 2.05) is 0 Å². The predicted octanol–water partition coefficient (Wildman–Crippen LogP) is 3.37. The van der Waals surface area contributed by atoms with Crippen LogP contribution in [0.15, 0.2) is 24.3 Å². The fourth-order valence-electron chi connectivity index (χ4n) is 2.02. The molecule has 0 saturated heterocycles. The van der Waals surface area contributed by atoms with E-state index < -0.39 is 0 Å². The molecule has 0 bridgehead atoms. The number of benzene rings is 1. The average molecular weight is 234 g/mol. The maximum absolute atomic E-state index is 5.59. The molecular formula is C15H26N2. The summed E-state index contributed by atoms with van der Waals surface area (Å²) < 4.78 is 0. The van der Waals surface area contributed by atoms with E-state index in [2.05, 4.69) is 50.5 Å². The van der Waals surface area contributed by atoms with Crippen LogP contribution in [-0.4, -0.2) is 6.04 Å². The van der Waals surface area contributed by atoms with E-state index >= 15 is 0 Å². The minimum Gasteiger partial charge on any atom is -0.271 e. The molecule has 17 heavy (non-hydrogen) atoms.